The number of carbonyl (C=O) groups excluding carboxylic acids is 1. The highest BCUT2D eigenvalue weighted by molar-refractivity contribution is 6.35. The summed E-state index contributed by atoms with van der Waals surface area (Å²) in [6, 6.07) is 7.43. The molecule has 1 heterocycles. The van der Waals surface area contributed by atoms with E-state index in [1.807, 2.05) is 0 Å². The normalized spacial score (nSPS) is 12.0. The van der Waals surface area contributed by atoms with E-state index in [1.165, 1.54) is 19.2 Å². The molecule has 110 valence electrons. The minimum atomic E-state index is -0.385. The van der Waals surface area contributed by atoms with Crippen LogP contribution in [0.4, 0.5) is 0 Å². The molecule has 0 bridgehead atoms. The van der Waals surface area contributed by atoms with Crippen LogP contribution in [0.25, 0.3) is 0 Å². The summed E-state index contributed by atoms with van der Waals surface area (Å²) in [6.07, 6.45) is 0. The summed E-state index contributed by atoms with van der Waals surface area (Å²) in [6.45, 7) is 1.80. The molecule has 0 saturated heterocycles. The first-order valence-corrected chi connectivity index (χ1v) is 6.94. The van der Waals surface area contributed by atoms with Crippen molar-refractivity contribution in [1.82, 2.24) is 15.1 Å². The molecule has 1 aromatic carbocycles. The standard InChI is InChI=1S/C14H13Cl2N3O2/c1-8(10-4-3-9(15)7-11(10)16)17-14(21)12-5-6-13(20)19(2)18-12/h3-8H,1-2H3,(H,17,21)/t8-/m0/s1. The first-order valence-electron chi connectivity index (χ1n) is 6.18. The third-order valence-electron chi connectivity index (χ3n) is 2.97. The van der Waals surface area contributed by atoms with Gasteiger partial charge in [-0.3, -0.25) is 9.59 Å². The number of nitrogens with one attached hydrogen (secondary N) is 1. The Kier molecular flexibility index (Phi) is 4.65. The van der Waals surface area contributed by atoms with E-state index in [-0.39, 0.29) is 23.2 Å². The van der Waals surface area contributed by atoms with E-state index in [1.54, 1.807) is 25.1 Å². The van der Waals surface area contributed by atoms with Crippen molar-refractivity contribution in [3.8, 4) is 0 Å². The lowest BCUT2D eigenvalue weighted by Crippen LogP contribution is -2.30. The average Bonchev–Trinajstić information content (AvgIpc) is 2.41. The van der Waals surface area contributed by atoms with Crippen molar-refractivity contribution in [2.75, 3.05) is 0 Å². The molecule has 0 fully saturated rings. The van der Waals surface area contributed by atoms with Crippen LogP contribution in [0.3, 0.4) is 0 Å². The number of carbonyl (C=O) groups is 1. The van der Waals surface area contributed by atoms with Crippen LogP contribution in [0.15, 0.2) is 35.1 Å². The lowest BCUT2D eigenvalue weighted by atomic mass is 10.1. The third kappa shape index (κ3) is 3.62. The predicted octanol–water partition coefficient (Wildman–Crippen LogP) is 2.58. The van der Waals surface area contributed by atoms with Gasteiger partial charge in [-0.15, -0.1) is 0 Å². The predicted molar refractivity (Wildman–Crippen MR) is 81.8 cm³/mol. The van der Waals surface area contributed by atoms with Crippen LogP contribution in [0.1, 0.15) is 29.0 Å². The summed E-state index contributed by atoms with van der Waals surface area (Å²) in [4.78, 5) is 23.4. The summed E-state index contributed by atoms with van der Waals surface area (Å²) in [5.74, 6) is -0.385. The molecule has 0 spiro atoms. The summed E-state index contributed by atoms with van der Waals surface area (Å²) < 4.78 is 1.11. The van der Waals surface area contributed by atoms with Crippen LogP contribution in [0.5, 0.6) is 0 Å². The van der Waals surface area contributed by atoms with Gasteiger partial charge >= 0.3 is 0 Å². The van der Waals surface area contributed by atoms with Gasteiger partial charge in [-0.25, -0.2) is 4.68 Å². The highest BCUT2D eigenvalue weighted by atomic mass is 35.5. The van der Waals surface area contributed by atoms with Gasteiger partial charge in [0.15, 0.2) is 0 Å². The van der Waals surface area contributed by atoms with Crippen molar-refractivity contribution < 1.29 is 4.79 Å². The van der Waals surface area contributed by atoms with E-state index in [0.717, 1.165) is 10.2 Å². The maximum absolute atomic E-state index is 12.1. The van der Waals surface area contributed by atoms with Gasteiger partial charge in [0, 0.05) is 23.2 Å². The fourth-order valence-corrected chi connectivity index (χ4v) is 2.40. The number of nitrogens with zero attached hydrogens (tertiary/aromatic N) is 2. The highest BCUT2D eigenvalue weighted by Gasteiger charge is 2.15. The first-order chi connectivity index (χ1) is 9.88. The topological polar surface area (TPSA) is 64.0 Å². The van der Waals surface area contributed by atoms with Crippen molar-refractivity contribution in [2.45, 2.75) is 13.0 Å². The smallest absolute Gasteiger partial charge is 0.272 e. The van der Waals surface area contributed by atoms with Gasteiger partial charge < -0.3 is 5.32 Å². The molecule has 0 aliphatic heterocycles. The second kappa shape index (κ2) is 6.28. The lowest BCUT2D eigenvalue weighted by Gasteiger charge is -2.15. The molecule has 1 aromatic heterocycles. The van der Waals surface area contributed by atoms with Gasteiger partial charge in [0.25, 0.3) is 11.5 Å². The van der Waals surface area contributed by atoms with E-state index in [0.29, 0.717) is 10.0 Å². The molecule has 0 aliphatic rings. The molecule has 1 N–H and O–H groups in total. The summed E-state index contributed by atoms with van der Waals surface area (Å²) in [7, 11) is 1.48. The molecule has 5 nitrogen and oxygen atoms in total. The molecule has 0 radical (unpaired) electrons. The van der Waals surface area contributed by atoms with E-state index >= 15 is 0 Å². The zero-order valence-electron chi connectivity index (χ0n) is 11.4. The maximum Gasteiger partial charge on any atom is 0.272 e. The molecule has 0 unspecified atom stereocenters. The second-order valence-electron chi connectivity index (χ2n) is 4.54. The van der Waals surface area contributed by atoms with Crippen molar-refractivity contribution in [2.24, 2.45) is 7.05 Å². The van der Waals surface area contributed by atoms with Gasteiger partial charge in [-0.1, -0.05) is 29.3 Å². The van der Waals surface area contributed by atoms with E-state index in [2.05, 4.69) is 10.4 Å². The lowest BCUT2D eigenvalue weighted by molar-refractivity contribution is 0.0932. The fourth-order valence-electron chi connectivity index (χ4n) is 1.82. The van der Waals surface area contributed by atoms with Crippen LogP contribution < -0.4 is 10.9 Å². The van der Waals surface area contributed by atoms with Crippen molar-refractivity contribution in [3.63, 3.8) is 0 Å². The highest BCUT2D eigenvalue weighted by Crippen LogP contribution is 2.26. The Morgan fingerprint density at radius 2 is 2.00 bits per heavy atom. The molecular formula is C14H13Cl2N3O2. The number of hydrogen-bond acceptors (Lipinski definition) is 3. The van der Waals surface area contributed by atoms with Gasteiger partial charge in [-0.2, -0.15) is 5.10 Å². The molecular weight excluding hydrogens is 313 g/mol. The Hall–Kier alpha value is -1.85. The molecule has 2 aromatic rings. The van der Waals surface area contributed by atoms with Crippen LogP contribution >= 0.6 is 23.2 Å². The van der Waals surface area contributed by atoms with Crippen LogP contribution in [0, 0.1) is 0 Å². The van der Waals surface area contributed by atoms with Crippen molar-refractivity contribution in [3.05, 3.63) is 62.0 Å². The van der Waals surface area contributed by atoms with Crippen molar-refractivity contribution in [1.29, 1.82) is 0 Å². The number of rotatable bonds is 3. The SMILES string of the molecule is C[C@H](NC(=O)c1ccc(=O)n(C)n1)c1ccc(Cl)cc1Cl. The van der Waals surface area contributed by atoms with Gasteiger partial charge in [-0.05, 0) is 30.7 Å². The van der Waals surface area contributed by atoms with Gasteiger partial charge in [0.05, 0.1) is 6.04 Å². The van der Waals surface area contributed by atoms with E-state index < -0.39 is 0 Å². The van der Waals surface area contributed by atoms with Crippen LogP contribution in [-0.4, -0.2) is 15.7 Å². The number of benzene rings is 1. The number of aryl methyl sites for hydroxylation is 1. The van der Waals surface area contributed by atoms with Crippen LogP contribution in [-0.2, 0) is 7.05 Å². The van der Waals surface area contributed by atoms with E-state index in [4.69, 9.17) is 23.2 Å². The fraction of sp³-hybridized carbons (Fsp3) is 0.214. The first kappa shape index (κ1) is 15.5. The molecule has 7 heteroatoms. The Labute approximate surface area is 131 Å². The molecule has 0 aliphatic carbocycles. The molecule has 1 atom stereocenters. The van der Waals surface area contributed by atoms with Crippen molar-refractivity contribution >= 4 is 29.1 Å². The van der Waals surface area contributed by atoms with Gasteiger partial charge in [0.2, 0.25) is 0 Å². The molecule has 1 amide bonds. The van der Waals surface area contributed by atoms with Gasteiger partial charge in [0.1, 0.15) is 5.69 Å². The monoisotopic (exact) mass is 325 g/mol. The molecule has 0 saturated carbocycles. The van der Waals surface area contributed by atoms with Crippen LogP contribution in [0.2, 0.25) is 10.0 Å². The quantitative estimate of drug-likeness (QED) is 0.943. The third-order valence-corrected chi connectivity index (χ3v) is 3.53. The molecule has 2 rings (SSSR count). The Morgan fingerprint density at radius 3 is 2.62 bits per heavy atom. The Balaban J connectivity index is 2.18. The van der Waals surface area contributed by atoms with E-state index in [9.17, 15) is 9.59 Å². The largest absolute Gasteiger partial charge is 0.344 e. The number of amides is 1. The number of aromatic nitrogens is 2. The minimum absolute atomic E-state index is 0.161. The summed E-state index contributed by atoms with van der Waals surface area (Å²) in [5, 5.41) is 7.67. The summed E-state index contributed by atoms with van der Waals surface area (Å²) in [5.41, 5.74) is 0.633. The zero-order chi connectivity index (χ0) is 15.6. The maximum atomic E-state index is 12.1. The number of hydrogen-bond donors (Lipinski definition) is 1. The summed E-state index contributed by atoms with van der Waals surface area (Å²) >= 11 is 11.9. The molecule has 21 heavy (non-hydrogen) atoms. The average molecular weight is 326 g/mol. The number of halogens is 2. The Bertz CT molecular complexity index is 743. The zero-order valence-corrected chi connectivity index (χ0v) is 12.9. The minimum Gasteiger partial charge on any atom is -0.344 e. The second-order valence-corrected chi connectivity index (χ2v) is 5.39. The Morgan fingerprint density at radius 1 is 1.29 bits per heavy atom.